The third kappa shape index (κ3) is 2.12. The van der Waals surface area contributed by atoms with Crippen LogP contribution >= 0.6 is 0 Å². The molecule has 0 spiro atoms. The number of para-hydroxylation sites is 1. The summed E-state index contributed by atoms with van der Waals surface area (Å²) < 4.78 is 5.19. The molecule has 16 heavy (non-hydrogen) atoms. The molecule has 3 heteroatoms. The van der Waals surface area contributed by atoms with E-state index < -0.39 is 0 Å². The first-order valence-electron chi connectivity index (χ1n) is 5.21. The Kier molecular flexibility index (Phi) is 3.02. The first-order valence-corrected chi connectivity index (χ1v) is 5.21. The fourth-order valence-electron chi connectivity index (χ4n) is 1.67. The summed E-state index contributed by atoms with van der Waals surface area (Å²) >= 11 is 0. The number of benzene rings is 1. The molecule has 1 aliphatic rings. The molecule has 0 fully saturated rings. The number of hydrogen-bond donors (Lipinski definition) is 0. The molecule has 0 heterocycles. The predicted molar refractivity (Wildman–Crippen MR) is 58.7 cm³/mol. The zero-order chi connectivity index (χ0) is 11.4. The molecule has 1 aromatic rings. The molecule has 0 atom stereocenters. The maximum Gasteiger partial charge on any atom is 0.339 e. The molecule has 0 N–H and O–H groups in total. The summed E-state index contributed by atoms with van der Waals surface area (Å²) in [5.41, 5.74) is 1.10. The lowest BCUT2D eigenvalue weighted by atomic mass is 10.2. The standard InChI is InChI=1S/C13H11NO2/c14-9-11-7-3-4-8-12(11)16-13(15)10-5-1-2-6-10/h3-5,7-8H,1-2,6H2. The summed E-state index contributed by atoms with van der Waals surface area (Å²) in [4.78, 5) is 11.7. The number of hydrogen-bond acceptors (Lipinski definition) is 3. The van der Waals surface area contributed by atoms with E-state index in [1.807, 2.05) is 12.1 Å². The highest BCUT2D eigenvalue weighted by Crippen LogP contribution is 2.22. The van der Waals surface area contributed by atoms with Gasteiger partial charge >= 0.3 is 5.97 Å². The Balaban J connectivity index is 2.15. The number of nitrogens with zero attached hydrogens (tertiary/aromatic N) is 1. The van der Waals surface area contributed by atoms with Crippen LogP contribution in [0.15, 0.2) is 35.9 Å². The van der Waals surface area contributed by atoms with Gasteiger partial charge in [0, 0.05) is 5.57 Å². The molecule has 0 saturated carbocycles. The summed E-state index contributed by atoms with van der Waals surface area (Å²) in [5, 5.41) is 8.84. The number of carbonyl (C=O) groups excluding carboxylic acids is 1. The number of allylic oxidation sites excluding steroid dienone is 1. The summed E-state index contributed by atoms with van der Waals surface area (Å²) in [6.45, 7) is 0. The van der Waals surface area contributed by atoms with E-state index in [9.17, 15) is 4.79 Å². The predicted octanol–water partition coefficient (Wildman–Crippen LogP) is 2.57. The molecular weight excluding hydrogens is 202 g/mol. The highest BCUT2D eigenvalue weighted by molar-refractivity contribution is 5.90. The van der Waals surface area contributed by atoms with Crippen molar-refractivity contribution in [3.8, 4) is 11.8 Å². The zero-order valence-electron chi connectivity index (χ0n) is 8.77. The Bertz CT molecular complexity index is 483. The molecule has 0 amide bonds. The van der Waals surface area contributed by atoms with Crippen molar-refractivity contribution >= 4 is 5.97 Å². The first-order chi connectivity index (χ1) is 7.81. The second kappa shape index (κ2) is 4.63. The van der Waals surface area contributed by atoms with E-state index in [0.29, 0.717) is 16.9 Å². The summed E-state index contributed by atoms with van der Waals surface area (Å²) in [7, 11) is 0. The first kappa shape index (κ1) is 10.4. The van der Waals surface area contributed by atoms with Gasteiger partial charge in [-0.2, -0.15) is 5.26 Å². The monoisotopic (exact) mass is 213 g/mol. The van der Waals surface area contributed by atoms with Crippen LogP contribution in [-0.4, -0.2) is 5.97 Å². The Morgan fingerprint density at radius 3 is 2.88 bits per heavy atom. The second-order valence-corrected chi connectivity index (χ2v) is 3.62. The Labute approximate surface area is 94.0 Å². The number of carbonyl (C=O) groups is 1. The summed E-state index contributed by atoms with van der Waals surface area (Å²) in [6, 6.07) is 8.74. The van der Waals surface area contributed by atoms with Crippen LogP contribution < -0.4 is 4.74 Å². The minimum absolute atomic E-state index is 0.333. The summed E-state index contributed by atoms with van der Waals surface area (Å²) in [6.07, 6.45) is 4.61. The van der Waals surface area contributed by atoms with Gasteiger partial charge in [0.1, 0.15) is 11.8 Å². The topological polar surface area (TPSA) is 50.1 Å². The molecule has 0 bridgehead atoms. The average molecular weight is 213 g/mol. The van der Waals surface area contributed by atoms with Crippen LogP contribution in [0, 0.1) is 11.3 Å². The molecule has 80 valence electrons. The van der Waals surface area contributed by atoms with Gasteiger partial charge in [0.25, 0.3) is 0 Å². The van der Waals surface area contributed by atoms with Gasteiger partial charge in [-0.25, -0.2) is 4.79 Å². The average Bonchev–Trinajstić information content (AvgIpc) is 2.83. The molecule has 0 unspecified atom stereocenters. The van der Waals surface area contributed by atoms with Crippen LogP contribution in [0.25, 0.3) is 0 Å². The van der Waals surface area contributed by atoms with Crippen molar-refractivity contribution < 1.29 is 9.53 Å². The lowest BCUT2D eigenvalue weighted by Crippen LogP contribution is -2.10. The number of esters is 1. The number of ether oxygens (including phenoxy) is 1. The lowest BCUT2D eigenvalue weighted by molar-refractivity contribution is -0.130. The van der Waals surface area contributed by atoms with Crippen molar-refractivity contribution in [2.75, 3.05) is 0 Å². The molecule has 0 radical (unpaired) electrons. The van der Waals surface area contributed by atoms with Crippen molar-refractivity contribution in [3.05, 3.63) is 41.5 Å². The fourth-order valence-corrected chi connectivity index (χ4v) is 1.67. The van der Waals surface area contributed by atoms with Crippen molar-refractivity contribution in [2.24, 2.45) is 0 Å². The van der Waals surface area contributed by atoms with E-state index in [1.54, 1.807) is 24.3 Å². The molecule has 2 rings (SSSR count). The quantitative estimate of drug-likeness (QED) is 0.560. The lowest BCUT2D eigenvalue weighted by Gasteiger charge is -2.05. The van der Waals surface area contributed by atoms with Crippen LogP contribution in [0.2, 0.25) is 0 Å². The molecule has 0 aliphatic heterocycles. The maximum atomic E-state index is 11.7. The zero-order valence-corrected chi connectivity index (χ0v) is 8.77. The molecule has 1 aromatic carbocycles. The SMILES string of the molecule is N#Cc1ccccc1OC(=O)C1=CCCC1. The van der Waals surface area contributed by atoms with Crippen LogP contribution in [0.4, 0.5) is 0 Å². The molecule has 1 aliphatic carbocycles. The van der Waals surface area contributed by atoms with E-state index >= 15 is 0 Å². The van der Waals surface area contributed by atoms with Gasteiger partial charge in [0.2, 0.25) is 0 Å². The maximum absolute atomic E-state index is 11.7. The third-order valence-corrected chi connectivity index (χ3v) is 2.51. The van der Waals surface area contributed by atoms with E-state index in [1.165, 1.54) is 0 Å². The Morgan fingerprint density at radius 1 is 1.38 bits per heavy atom. The largest absolute Gasteiger partial charge is 0.422 e. The van der Waals surface area contributed by atoms with E-state index in [4.69, 9.17) is 10.00 Å². The Hall–Kier alpha value is -2.08. The van der Waals surface area contributed by atoms with Gasteiger partial charge in [0.15, 0.2) is 0 Å². The van der Waals surface area contributed by atoms with Crippen LogP contribution in [0.5, 0.6) is 5.75 Å². The molecule has 0 saturated heterocycles. The highest BCUT2D eigenvalue weighted by Gasteiger charge is 2.16. The van der Waals surface area contributed by atoms with Gasteiger partial charge in [-0.1, -0.05) is 18.2 Å². The van der Waals surface area contributed by atoms with E-state index in [-0.39, 0.29) is 5.97 Å². The van der Waals surface area contributed by atoms with Gasteiger partial charge in [-0.15, -0.1) is 0 Å². The molecule has 3 nitrogen and oxygen atoms in total. The smallest absolute Gasteiger partial charge is 0.339 e. The van der Waals surface area contributed by atoms with Crippen LogP contribution in [-0.2, 0) is 4.79 Å². The molecule has 0 aromatic heterocycles. The number of rotatable bonds is 2. The van der Waals surface area contributed by atoms with Gasteiger partial charge in [-0.3, -0.25) is 0 Å². The minimum atomic E-state index is -0.333. The fraction of sp³-hybridized carbons (Fsp3) is 0.231. The normalized spacial score (nSPS) is 14.1. The van der Waals surface area contributed by atoms with Crippen molar-refractivity contribution in [1.29, 1.82) is 5.26 Å². The molecular formula is C13H11NO2. The highest BCUT2D eigenvalue weighted by atomic mass is 16.5. The van der Waals surface area contributed by atoms with Crippen LogP contribution in [0.3, 0.4) is 0 Å². The Morgan fingerprint density at radius 2 is 2.19 bits per heavy atom. The minimum Gasteiger partial charge on any atom is -0.422 e. The van der Waals surface area contributed by atoms with E-state index in [2.05, 4.69) is 0 Å². The van der Waals surface area contributed by atoms with Crippen molar-refractivity contribution in [3.63, 3.8) is 0 Å². The summed E-state index contributed by atoms with van der Waals surface area (Å²) in [5.74, 6) is 0.00278. The van der Waals surface area contributed by atoms with E-state index in [0.717, 1.165) is 19.3 Å². The van der Waals surface area contributed by atoms with Crippen molar-refractivity contribution in [1.82, 2.24) is 0 Å². The van der Waals surface area contributed by atoms with Crippen LogP contribution in [0.1, 0.15) is 24.8 Å². The van der Waals surface area contributed by atoms with Gasteiger partial charge < -0.3 is 4.74 Å². The van der Waals surface area contributed by atoms with Gasteiger partial charge in [-0.05, 0) is 31.4 Å². The second-order valence-electron chi connectivity index (χ2n) is 3.62. The number of nitriles is 1. The van der Waals surface area contributed by atoms with Crippen molar-refractivity contribution in [2.45, 2.75) is 19.3 Å². The third-order valence-electron chi connectivity index (χ3n) is 2.51. The van der Waals surface area contributed by atoms with Gasteiger partial charge in [0.05, 0.1) is 5.56 Å².